The van der Waals surface area contributed by atoms with Gasteiger partial charge in [0, 0.05) is 21.3 Å². The van der Waals surface area contributed by atoms with Crippen molar-refractivity contribution in [1.29, 1.82) is 0 Å². The fraction of sp³-hybridized carbons (Fsp3) is 0.0952. The highest BCUT2D eigenvalue weighted by molar-refractivity contribution is 9.11. The average Bonchev–Trinajstić information content (AvgIpc) is 2.69. The second-order valence-corrected chi connectivity index (χ2v) is 9.83. The van der Waals surface area contributed by atoms with Crippen LogP contribution < -0.4 is 4.18 Å². The summed E-state index contributed by atoms with van der Waals surface area (Å²) < 4.78 is 32.1. The molecule has 0 saturated carbocycles. The lowest BCUT2D eigenvalue weighted by Gasteiger charge is -2.12. The summed E-state index contributed by atoms with van der Waals surface area (Å²) in [6.07, 6.45) is 2.52. The first-order valence-electron chi connectivity index (χ1n) is 8.60. The molecule has 150 valence electrons. The van der Waals surface area contributed by atoms with Gasteiger partial charge in [0.25, 0.3) is 0 Å². The second kappa shape index (κ2) is 9.43. The maximum absolute atomic E-state index is 12.7. The Balaban J connectivity index is 1.96. The molecule has 0 amide bonds. The topological polar surface area (TPSA) is 55.7 Å². The molecule has 0 heterocycles. The van der Waals surface area contributed by atoms with E-state index >= 15 is 0 Å². The van der Waals surface area contributed by atoms with E-state index in [9.17, 15) is 8.42 Å². The number of rotatable bonds is 6. The first-order chi connectivity index (χ1) is 13.8. The third-order valence-corrected chi connectivity index (χ3v) is 6.56. The minimum atomic E-state index is -4.05. The fourth-order valence-electron chi connectivity index (χ4n) is 2.48. The highest BCUT2D eigenvalue weighted by Gasteiger charge is 2.20. The molecule has 0 bridgehead atoms. The normalized spacial score (nSPS) is 11.7. The predicted molar refractivity (Wildman–Crippen MR) is 124 cm³/mol. The molecule has 0 N–H and O–H groups in total. The summed E-state index contributed by atoms with van der Waals surface area (Å²) in [6.45, 7) is 2.09. The van der Waals surface area contributed by atoms with E-state index in [0.717, 1.165) is 16.6 Å². The van der Waals surface area contributed by atoms with E-state index < -0.39 is 10.1 Å². The maximum atomic E-state index is 12.7. The Labute approximate surface area is 192 Å². The van der Waals surface area contributed by atoms with Crippen molar-refractivity contribution in [2.24, 2.45) is 4.99 Å². The zero-order valence-corrected chi connectivity index (χ0v) is 20.0. The minimum Gasteiger partial charge on any atom is -0.377 e. The first kappa shape index (κ1) is 22.0. The molecule has 0 radical (unpaired) electrons. The Morgan fingerprint density at radius 3 is 2.31 bits per heavy atom. The molecular weight excluding hydrogens is 542 g/mol. The van der Waals surface area contributed by atoms with E-state index in [0.29, 0.717) is 15.1 Å². The van der Waals surface area contributed by atoms with Gasteiger partial charge in [-0.3, -0.25) is 4.99 Å². The summed E-state index contributed by atoms with van der Waals surface area (Å²) in [4.78, 5) is 4.46. The standard InChI is InChI=1S/C21H16Br2ClNO3S/c1-2-14-3-7-18(8-4-14)25-13-15-11-16(22)12-20(23)21(15)28-29(26,27)19-9-5-17(24)6-10-19/h3-13H,2H2,1H3. The van der Waals surface area contributed by atoms with Gasteiger partial charge in [-0.2, -0.15) is 8.42 Å². The predicted octanol–water partition coefficient (Wildman–Crippen LogP) is 6.95. The average molecular weight is 558 g/mol. The Kier molecular flexibility index (Phi) is 7.16. The van der Waals surface area contributed by atoms with Crippen LogP contribution in [0.1, 0.15) is 18.1 Å². The van der Waals surface area contributed by atoms with Crippen molar-refractivity contribution in [3.8, 4) is 5.75 Å². The van der Waals surface area contributed by atoms with Gasteiger partial charge in [0.15, 0.2) is 5.75 Å². The highest BCUT2D eigenvalue weighted by Crippen LogP contribution is 2.34. The molecule has 0 aliphatic heterocycles. The molecule has 3 aromatic rings. The minimum absolute atomic E-state index is 0.00904. The van der Waals surface area contributed by atoms with Crippen LogP contribution in [0, 0.1) is 0 Å². The van der Waals surface area contributed by atoms with Gasteiger partial charge in [0.2, 0.25) is 0 Å². The Hall–Kier alpha value is -1.67. The van der Waals surface area contributed by atoms with Crippen molar-refractivity contribution in [3.05, 3.63) is 85.8 Å². The van der Waals surface area contributed by atoms with Gasteiger partial charge in [-0.15, -0.1) is 0 Å². The Bertz CT molecular complexity index is 1150. The lowest BCUT2D eigenvalue weighted by Crippen LogP contribution is -2.11. The van der Waals surface area contributed by atoms with Crippen LogP contribution in [0.5, 0.6) is 5.75 Å². The van der Waals surface area contributed by atoms with E-state index in [-0.39, 0.29) is 10.6 Å². The number of hydrogen-bond acceptors (Lipinski definition) is 4. The molecule has 0 unspecified atom stereocenters. The molecule has 3 aromatic carbocycles. The lowest BCUT2D eigenvalue weighted by atomic mass is 10.1. The van der Waals surface area contributed by atoms with Gasteiger partial charge >= 0.3 is 10.1 Å². The van der Waals surface area contributed by atoms with Crippen LogP contribution in [0.3, 0.4) is 0 Å². The van der Waals surface area contributed by atoms with Crippen molar-refractivity contribution in [3.63, 3.8) is 0 Å². The Morgan fingerprint density at radius 2 is 1.69 bits per heavy atom. The SMILES string of the molecule is CCc1ccc(N=Cc2cc(Br)cc(Br)c2OS(=O)(=O)c2ccc(Cl)cc2)cc1. The largest absolute Gasteiger partial charge is 0.377 e. The summed E-state index contributed by atoms with van der Waals surface area (Å²) in [7, 11) is -4.05. The van der Waals surface area contributed by atoms with Crippen LogP contribution in [0.15, 0.2) is 79.5 Å². The first-order valence-corrected chi connectivity index (χ1v) is 12.0. The lowest BCUT2D eigenvalue weighted by molar-refractivity contribution is 0.484. The van der Waals surface area contributed by atoms with Crippen molar-refractivity contribution < 1.29 is 12.6 Å². The van der Waals surface area contributed by atoms with Crippen LogP contribution in [-0.2, 0) is 16.5 Å². The summed E-state index contributed by atoms with van der Waals surface area (Å²) in [6, 6.07) is 17.1. The number of benzene rings is 3. The van der Waals surface area contributed by atoms with Crippen LogP contribution >= 0.6 is 43.5 Å². The molecule has 0 fully saturated rings. The third kappa shape index (κ3) is 5.69. The molecular formula is C21H16Br2ClNO3S. The van der Waals surface area contributed by atoms with Crippen LogP contribution in [0.2, 0.25) is 5.02 Å². The van der Waals surface area contributed by atoms with Crippen LogP contribution in [0.4, 0.5) is 5.69 Å². The van der Waals surface area contributed by atoms with E-state index in [4.69, 9.17) is 15.8 Å². The van der Waals surface area contributed by atoms with Gasteiger partial charge in [-0.05, 0) is 76.4 Å². The monoisotopic (exact) mass is 555 g/mol. The van der Waals surface area contributed by atoms with Gasteiger partial charge in [0.05, 0.1) is 10.2 Å². The van der Waals surface area contributed by atoms with Gasteiger partial charge in [0.1, 0.15) is 4.90 Å². The Morgan fingerprint density at radius 1 is 1.03 bits per heavy atom. The van der Waals surface area contributed by atoms with E-state index in [1.165, 1.54) is 29.8 Å². The van der Waals surface area contributed by atoms with Crippen molar-refractivity contribution in [1.82, 2.24) is 0 Å². The summed E-state index contributed by atoms with van der Waals surface area (Å²) >= 11 is 12.6. The van der Waals surface area contributed by atoms with Gasteiger partial charge in [-0.25, -0.2) is 0 Å². The quantitative estimate of drug-likeness (QED) is 0.244. The molecule has 0 saturated heterocycles. The number of nitrogens with zero attached hydrogens (tertiary/aromatic N) is 1. The molecule has 0 aliphatic rings. The highest BCUT2D eigenvalue weighted by atomic mass is 79.9. The van der Waals surface area contributed by atoms with Crippen LogP contribution in [-0.4, -0.2) is 14.6 Å². The number of halogens is 3. The molecule has 0 aromatic heterocycles. The second-order valence-electron chi connectivity index (χ2n) is 6.08. The van der Waals surface area contributed by atoms with E-state index in [2.05, 4.69) is 43.8 Å². The molecule has 0 atom stereocenters. The summed E-state index contributed by atoms with van der Waals surface area (Å²) in [5.41, 5.74) is 2.47. The zero-order chi connectivity index (χ0) is 21.0. The maximum Gasteiger partial charge on any atom is 0.339 e. The molecule has 3 rings (SSSR count). The van der Waals surface area contributed by atoms with Crippen molar-refractivity contribution in [2.45, 2.75) is 18.2 Å². The molecule has 8 heteroatoms. The number of aryl methyl sites for hydroxylation is 1. The molecule has 29 heavy (non-hydrogen) atoms. The molecule has 0 spiro atoms. The van der Waals surface area contributed by atoms with E-state index in [1.54, 1.807) is 18.3 Å². The zero-order valence-electron chi connectivity index (χ0n) is 15.3. The fourth-order valence-corrected chi connectivity index (χ4v) is 5.03. The summed E-state index contributed by atoms with van der Waals surface area (Å²) in [5.74, 6) is 0.150. The number of aliphatic imine (C=N–C) groups is 1. The molecule has 0 aliphatic carbocycles. The number of hydrogen-bond donors (Lipinski definition) is 0. The summed E-state index contributed by atoms with van der Waals surface area (Å²) in [5, 5.41) is 0.440. The smallest absolute Gasteiger partial charge is 0.339 e. The van der Waals surface area contributed by atoms with Crippen molar-refractivity contribution >= 4 is 65.5 Å². The van der Waals surface area contributed by atoms with Crippen LogP contribution in [0.25, 0.3) is 0 Å². The van der Waals surface area contributed by atoms with Gasteiger partial charge in [-0.1, -0.05) is 46.6 Å². The van der Waals surface area contributed by atoms with Gasteiger partial charge < -0.3 is 4.18 Å². The van der Waals surface area contributed by atoms with E-state index in [1.807, 2.05) is 24.3 Å². The van der Waals surface area contributed by atoms with Crippen molar-refractivity contribution in [2.75, 3.05) is 0 Å². The molecule has 4 nitrogen and oxygen atoms in total. The third-order valence-electron chi connectivity index (χ3n) is 4.03.